The maximum atomic E-state index is 10.8. The number of hydrogen-bond acceptors (Lipinski definition) is 5. The van der Waals surface area contributed by atoms with Crippen molar-refractivity contribution >= 4 is 11.4 Å². The predicted molar refractivity (Wildman–Crippen MR) is 69.0 cm³/mol. The van der Waals surface area contributed by atoms with Crippen LogP contribution < -0.4 is 15.2 Å². The van der Waals surface area contributed by atoms with Crippen LogP contribution in [0.5, 0.6) is 11.5 Å². The quantitative estimate of drug-likeness (QED) is 0.496. The van der Waals surface area contributed by atoms with Crippen LogP contribution >= 0.6 is 0 Å². The highest BCUT2D eigenvalue weighted by atomic mass is 16.6. The van der Waals surface area contributed by atoms with Crippen LogP contribution in [-0.4, -0.2) is 17.1 Å². The van der Waals surface area contributed by atoms with Crippen LogP contribution in [0.3, 0.4) is 0 Å². The lowest BCUT2D eigenvalue weighted by molar-refractivity contribution is -0.385. The van der Waals surface area contributed by atoms with E-state index in [4.69, 9.17) is 15.2 Å². The highest BCUT2D eigenvalue weighted by Gasteiger charge is 2.18. The van der Waals surface area contributed by atoms with Gasteiger partial charge in [0.2, 0.25) is 0 Å². The van der Waals surface area contributed by atoms with Gasteiger partial charge in [-0.1, -0.05) is 0 Å². The molecule has 0 saturated heterocycles. The molecule has 0 fully saturated rings. The standard InChI is InChI=1S/C12H18N2O4/c1-7(2)17-10-5-9(14(15)16)6-11(12(10)13)18-8(3)4/h5-8H,13H2,1-4H3. The molecule has 1 rings (SSSR count). The van der Waals surface area contributed by atoms with E-state index < -0.39 is 4.92 Å². The summed E-state index contributed by atoms with van der Waals surface area (Å²) < 4.78 is 10.9. The molecule has 0 heterocycles. The Kier molecular flexibility index (Phi) is 4.36. The smallest absolute Gasteiger partial charge is 0.277 e. The van der Waals surface area contributed by atoms with Gasteiger partial charge in [0.1, 0.15) is 5.69 Å². The van der Waals surface area contributed by atoms with E-state index in [2.05, 4.69) is 0 Å². The van der Waals surface area contributed by atoms with E-state index in [1.807, 2.05) is 27.7 Å². The number of anilines is 1. The van der Waals surface area contributed by atoms with E-state index in [0.29, 0.717) is 0 Å². The monoisotopic (exact) mass is 254 g/mol. The molecule has 6 heteroatoms. The molecular weight excluding hydrogens is 236 g/mol. The van der Waals surface area contributed by atoms with Crippen molar-refractivity contribution in [2.45, 2.75) is 39.9 Å². The van der Waals surface area contributed by atoms with Crippen LogP contribution in [0, 0.1) is 10.1 Å². The molecule has 2 N–H and O–H groups in total. The largest absolute Gasteiger partial charge is 0.488 e. The Morgan fingerprint density at radius 2 is 1.50 bits per heavy atom. The van der Waals surface area contributed by atoms with Crippen molar-refractivity contribution in [1.82, 2.24) is 0 Å². The first-order valence-electron chi connectivity index (χ1n) is 5.72. The summed E-state index contributed by atoms with van der Waals surface area (Å²) in [6.45, 7) is 7.28. The summed E-state index contributed by atoms with van der Waals surface area (Å²) in [5.74, 6) is 0.546. The molecule has 1 aromatic rings. The number of nitrogen functional groups attached to an aromatic ring is 1. The first-order valence-corrected chi connectivity index (χ1v) is 5.72. The second-order valence-corrected chi connectivity index (χ2v) is 4.45. The average Bonchev–Trinajstić information content (AvgIpc) is 2.22. The maximum Gasteiger partial charge on any atom is 0.277 e. The first kappa shape index (κ1) is 14.1. The van der Waals surface area contributed by atoms with Crippen molar-refractivity contribution in [2.24, 2.45) is 0 Å². The second-order valence-electron chi connectivity index (χ2n) is 4.45. The lowest BCUT2D eigenvalue weighted by atomic mass is 10.2. The van der Waals surface area contributed by atoms with Gasteiger partial charge in [-0.05, 0) is 27.7 Å². The molecular formula is C12H18N2O4. The molecule has 0 bridgehead atoms. The fraction of sp³-hybridized carbons (Fsp3) is 0.500. The Morgan fingerprint density at radius 3 is 1.78 bits per heavy atom. The molecule has 18 heavy (non-hydrogen) atoms. The van der Waals surface area contributed by atoms with E-state index in [1.165, 1.54) is 12.1 Å². The average molecular weight is 254 g/mol. The zero-order valence-corrected chi connectivity index (χ0v) is 11.0. The van der Waals surface area contributed by atoms with Gasteiger partial charge in [-0.3, -0.25) is 10.1 Å². The third-order valence-electron chi connectivity index (χ3n) is 2.03. The topological polar surface area (TPSA) is 87.6 Å². The lowest BCUT2D eigenvalue weighted by Crippen LogP contribution is -2.11. The molecule has 0 spiro atoms. The van der Waals surface area contributed by atoms with Crippen LogP contribution in [0.1, 0.15) is 27.7 Å². The molecule has 0 aromatic heterocycles. The van der Waals surface area contributed by atoms with Crippen molar-refractivity contribution < 1.29 is 14.4 Å². The van der Waals surface area contributed by atoms with Crippen molar-refractivity contribution in [3.8, 4) is 11.5 Å². The van der Waals surface area contributed by atoms with Gasteiger partial charge in [-0.15, -0.1) is 0 Å². The SMILES string of the molecule is CC(C)Oc1cc([N+](=O)[O-])cc(OC(C)C)c1N. The van der Waals surface area contributed by atoms with Crippen molar-refractivity contribution in [3.63, 3.8) is 0 Å². The molecule has 0 saturated carbocycles. The molecule has 100 valence electrons. The summed E-state index contributed by atoms with van der Waals surface area (Å²) in [6, 6.07) is 2.62. The number of rotatable bonds is 5. The summed E-state index contributed by atoms with van der Waals surface area (Å²) in [5, 5.41) is 10.8. The minimum atomic E-state index is -0.500. The van der Waals surface area contributed by atoms with E-state index in [1.54, 1.807) is 0 Å². The Morgan fingerprint density at radius 1 is 1.11 bits per heavy atom. The van der Waals surface area contributed by atoms with Crippen molar-refractivity contribution in [3.05, 3.63) is 22.2 Å². The fourth-order valence-electron chi connectivity index (χ4n) is 1.40. The summed E-state index contributed by atoms with van der Waals surface area (Å²) >= 11 is 0. The van der Waals surface area contributed by atoms with Gasteiger partial charge in [-0.2, -0.15) is 0 Å². The van der Waals surface area contributed by atoms with E-state index >= 15 is 0 Å². The predicted octanol–water partition coefficient (Wildman–Crippen LogP) is 2.75. The minimum Gasteiger partial charge on any atom is -0.488 e. The van der Waals surface area contributed by atoms with Gasteiger partial charge in [0.25, 0.3) is 5.69 Å². The van der Waals surface area contributed by atoms with Crippen LogP contribution in [0.2, 0.25) is 0 Å². The lowest BCUT2D eigenvalue weighted by Gasteiger charge is -2.16. The van der Waals surface area contributed by atoms with Crippen LogP contribution in [-0.2, 0) is 0 Å². The number of nitro benzene ring substituents is 1. The van der Waals surface area contributed by atoms with E-state index in [-0.39, 0.29) is 35.1 Å². The maximum absolute atomic E-state index is 10.8. The van der Waals surface area contributed by atoms with E-state index in [9.17, 15) is 10.1 Å². The third-order valence-corrected chi connectivity index (χ3v) is 2.03. The molecule has 6 nitrogen and oxygen atoms in total. The van der Waals surface area contributed by atoms with Gasteiger partial charge >= 0.3 is 0 Å². The summed E-state index contributed by atoms with van der Waals surface area (Å²) in [6.07, 6.45) is -0.248. The molecule has 0 aliphatic carbocycles. The highest BCUT2D eigenvalue weighted by molar-refractivity contribution is 5.67. The second kappa shape index (κ2) is 5.57. The van der Waals surface area contributed by atoms with Gasteiger partial charge < -0.3 is 15.2 Å². The first-order chi connectivity index (χ1) is 8.31. The number of nitrogens with zero attached hydrogens (tertiary/aromatic N) is 1. The van der Waals surface area contributed by atoms with Gasteiger partial charge in [0.15, 0.2) is 11.5 Å². The van der Waals surface area contributed by atoms with Crippen molar-refractivity contribution in [1.29, 1.82) is 0 Å². The van der Waals surface area contributed by atoms with Crippen LogP contribution in [0.15, 0.2) is 12.1 Å². The Hall–Kier alpha value is -1.98. The minimum absolute atomic E-state index is 0.101. The van der Waals surface area contributed by atoms with Gasteiger partial charge in [-0.25, -0.2) is 0 Å². The third kappa shape index (κ3) is 3.51. The Bertz CT molecular complexity index is 413. The zero-order chi connectivity index (χ0) is 13.9. The summed E-state index contributed by atoms with van der Waals surface area (Å²) in [4.78, 5) is 10.3. The molecule has 0 amide bonds. The number of hydrogen-bond donors (Lipinski definition) is 1. The molecule has 0 unspecified atom stereocenters. The molecule has 0 aliphatic rings. The van der Waals surface area contributed by atoms with Gasteiger partial charge in [0.05, 0.1) is 29.3 Å². The molecule has 1 aromatic carbocycles. The van der Waals surface area contributed by atoms with Crippen LogP contribution in [0.25, 0.3) is 0 Å². The fourth-order valence-corrected chi connectivity index (χ4v) is 1.40. The molecule has 0 radical (unpaired) electrons. The number of ether oxygens (including phenoxy) is 2. The number of non-ortho nitro benzene ring substituents is 1. The van der Waals surface area contributed by atoms with Gasteiger partial charge in [0, 0.05) is 0 Å². The molecule has 0 atom stereocenters. The molecule has 0 aliphatic heterocycles. The van der Waals surface area contributed by atoms with Crippen molar-refractivity contribution in [2.75, 3.05) is 5.73 Å². The normalized spacial score (nSPS) is 10.8. The summed E-state index contributed by atoms with van der Waals surface area (Å²) in [7, 11) is 0. The number of benzene rings is 1. The summed E-state index contributed by atoms with van der Waals surface area (Å²) in [5.41, 5.74) is 6.06. The Labute approximate surface area is 106 Å². The Balaban J connectivity index is 3.23. The number of nitro groups is 1. The van der Waals surface area contributed by atoms with Crippen LogP contribution in [0.4, 0.5) is 11.4 Å². The zero-order valence-electron chi connectivity index (χ0n) is 11.0. The van der Waals surface area contributed by atoms with E-state index in [0.717, 1.165) is 0 Å². The highest BCUT2D eigenvalue weighted by Crippen LogP contribution is 2.37. The number of nitrogens with two attached hydrogens (primary N) is 1.